The van der Waals surface area contributed by atoms with Crippen LogP contribution < -0.4 is 5.32 Å². The molecule has 0 spiro atoms. The van der Waals surface area contributed by atoms with Gasteiger partial charge in [0.25, 0.3) is 0 Å². The van der Waals surface area contributed by atoms with Crippen LogP contribution in [0, 0.1) is 5.92 Å². The first-order chi connectivity index (χ1) is 8.20. The van der Waals surface area contributed by atoms with Gasteiger partial charge in [-0.3, -0.25) is 4.90 Å². The second-order valence-corrected chi connectivity index (χ2v) is 6.33. The molecule has 2 aliphatic rings. The summed E-state index contributed by atoms with van der Waals surface area (Å²) in [5, 5.41) is 3.67. The first kappa shape index (κ1) is 13.4. The Morgan fingerprint density at radius 2 is 1.94 bits per heavy atom. The van der Waals surface area contributed by atoms with Gasteiger partial charge in [0.1, 0.15) is 0 Å². The van der Waals surface area contributed by atoms with Crippen LogP contribution >= 0.6 is 0 Å². The average molecular weight is 238 g/mol. The molecule has 4 atom stereocenters. The molecule has 1 aliphatic heterocycles. The lowest BCUT2D eigenvalue weighted by atomic mass is 9.99. The molecular formula is C15H30N2. The van der Waals surface area contributed by atoms with E-state index in [1.807, 2.05) is 0 Å². The number of hydrogen-bond acceptors (Lipinski definition) is 2. The van der Waals surface area contributed by atoms with E-state index < -0.39 is 0 Å². The van der Waals surface area contributed by atoms with Crippen molar-refractivity contribution in [2.45, 2.75) is 77.4 Å². The summed E-state index contributed by atoms with van der Waals surface area (Å²) in [4.78, 5) is 2.81. The van der Waals surface area contributed by atoms with Gasteiger partial charge < -0.3 is 5.32 Å². The number of piperazine rings is 1. The molecule has 17 heavy (non-hydrogen) atoms. The molecule has 1 saturated heterocycles. The second-order valence-electron chi connectivity index (χ2n) is 6.33. The van der Waals surface area contributed by atoms with Crippen molar-refractivity contribution in [1.29, 1.82) is 0 Å². The SMILES string of the molecule is CCC1CN(C2CCCC(C)CC2)C(C)CN1. The molecule has 2 nitrogen and oxygen atoms in total. The molecule has 1 aliphatic carbocycles. The lowest BCUT2D eigenvalue weighted by Crippen LogP contribution is -2.58. The van der Waals surface area contributed by atoms with E-state index in [9.17, 15) is 0 Å². The van der Waals surface area contributed by atoms with Crippen LogP contribution in [0.25, 0.3) is 0 Å². The number of hydrogen-bond donors (Lipinski definition) is 1. The minimum Gasteiger partial charge on any atom is -0.311 e. The minimum atomic E-state index is 0.729. The summed E-state index contributed by atoms with van der Waals surface area (Å²) in [7, 11) is 0. The summed E-state index contributed by atoms with van der Waals surface area (Å²) >= 11 is 0. The Morgan fingerprint density at radius 3 is 2.71 bits per heavy atom. The summed E-state index contributed by atoms with van der Waals surface area (Å²) in [5.74, 6) is 0.959. The monoisotopic (exact) mass is 238 g/mol. The smallest absolute Gasteiger partial charge is 0.0196 e. The molecule has 0 aromatic heterocycles. The van der Waals surface area contributed by atoms with Gasteiger partial charge in [0.15, 0.2) is 0 Å². The minimum absolute atomic E-state index is 0.729. The molecule has 2 rings (SSSR count). The van der Waals surface area contributed by atoms with E-state index in [1.165, 1.54) is 51.6 Å². The normalized spacial score (nSPS) is 41.1. The quantitative estimate of drug-likeness (QED) is 0.744. The fourth-order valence-electron chi connectivity index (χ4n) is 3.54. The zero-order chi connectivity index (χ0) is 12.3. The van der Waals surface area contributed by atoms with Crippen molar-refractivity contribution in [2.75, 3.05) is 13.1 Å². The fourth-order valence-corrected chi connectivity index (χ4v) is 3.54. The van der Waals surface area contributed by atoms with Crippen molar-refractivity contribution in [1.82, 2.24) is 10.2 Å². The third-order valence-electron chi connectivity index (χ3n) is 4.89. The molecular weight excluding hydrogens is 208 g/mol. The summed E-state index contributed by atoms with van der Waals surface area (Å²) < 4.78 is 0. The highest BCUT2D eigenvalue weighted by Crippen LogP contribution is 2.28. The van der Waals surface area contributed by atoms with Crippen LogP contribution in [0.2, 0.25) is 0 Å². The van der Waals surface area contributed by atoms with Gasteiger partial charge in [-0.2, -0.15) is 0 Å². The van der Waals surface area contributed by atoms with Crippen LogP contribution in [-0.2, 0) is 0 Å². The zero-order valence-electron chi connectivity index (χ0n) is 11.9. The van der Waals surface area contributed by atoms with Gasteiger partial charge in [-0.25, -0.2) is 0 Å². The van der Waals surface area contributed by atoms with Crippen molar-refractivity contribution in [3.05, 3.63) is 0 Å². The number of nitrogens with zero attached hydrogens (tertiary/aromatic N) is 1. The summed E-state index contributed by atoms with van der Waals surface area (Å²) in [6.45, 7) is 9.59. The maximum Gasteiger partial charge on any atom is 0.0196 e. The molecule has 0 aromatic rings. The molecule has 2 heteroatoms. The van der Waals surface area contributed by atoms with Gasteiger partial charge in [0.05, 0.1) is 0 Å². The maximum atomic E-state index is 3.67. The highest BCUT2D eigenvalue weighted by Gasteiger charge is 2.30. The van der Waals surface area contributed by atoms with Gasteiger partial charge in [-0.05, 0) is 38.5 Å². The third-order valence-corrected chi connectivity index (χ3v) is 4.89. The Labute approximate surface area is 107 Å². The van der Waals surface area contributed by atoms with Crippen molar-refractivity contribution < 1.29 is 0 Å². The van der Waals surface area contributed by atoms with Crippen molar-refractivity contribution >= 4 is 0 Å². The predicted molar refractivity (Wildman–Crippen MR) is 74.3 cm³/mol. The second kappa shape index (κ2) is 6.19. The lowest BCUT2D eigenvalue weighted by molar-refractivity contribution is 0.0805. The molecule has 0 aromatic carbocycles. The molecule has 0 bridgehead atoms. The van der Waals surface area contributed by atoms with Gasteiger partial charge >= 0.3 is 0 Å². The van der Waals surface area contributed by atoms with E-state index in [0.717, 1.165) is 24.0 Å². The fraction of sp³-hybridized carbons (Fsp3) is 1.00. The predicted octanol–water partition coefficient (Wildman–Crippen LogP) is 3.03. The van der Waals surface area contributed by atoms with Crippen LogP contribution in [0.15, 0.2) is 0 Å². The van der Waals surface area contributed by atoms with Crippen LogP contribution in [0.3, 0.4) is 0 Å². The van der Waals surface area contributed by atoms with Crippen LogP contribution in [-0.4, -0.2) is 36.1 Å². The molecule has 0 amide bonds. The van der Waals surface area contributed by atoms with E-state index in [0.29, 0.717) is 0 Å². The van der Waals surface area contributed by atoms with Gasteiger partial charge in [0, 0.05) is 31.2 Å². The maximum absolute atomic E-state index is 3.67. The topological polar surface area (TPSA) is 15.3 Å². The standard InChI is InChI=1S/C15H30N2/c1-4-14-11-17(13(3)10-16-14)15-7-5-6-12(2)8-9-15/h12-16H,4-11H2,1-3H3. The Kier molecular flexibility index (Phi) is 4.87. The first-order valence-electron chi connectivity index (χ1n) is 7.69. The lowest BCUT2D eigenvalue weighted by Gasteiger charge is -2.43. The molecule has 1 N–H and O–H groups in total. The zero-order valence-corrected chi connectivity index (χ0v) is 11.9. The van der Waals surface area contributed by atoms with E-state index in [4.69, 9.17) is 0 Å². The summed E-state index contributed by atoms with van der Waals surface area (Å²) in [6.07, 6.45) is 8.48. The van der Waals surface area contributed by atoms with Gasteiger partial charge in [0.2, 0.25) is 0 Å². The van der Waals surface area contributed by atoms with E-state index in [2.05, 4.69) is 31.0 Å². The molecule has 2 fully saturated rings. The number of nitrogens with one attached hydrogen (secondary N) is 1. The highest BCUT2D eigenvalue weighted by atomic mass is 15.2. The Bertz CT molecular complexity index is 229. The van der Waals surface area contributed by atoms with Crippen molar-refractivity contribution in [2.24, 2.45) is 5.92 Å². The first-order valence-corrected chi connectivity index (χ1v) is 7.69. The molecule has 100 valence electrons. The largest absolute Gasteiger partial charge is 0.311 e. The average Bonchev–Trinajstić information content (AvgIpc) is 2.55. The number of rotatable bonds is 2. The third kappa shape index (κ3) is 3.45. The van der Waals surface area contributed by atoms with Crippen molar-refractivity contribution in [3.8, 4) is 0 Å². The van der Waals surface area contributed by atoms with Crippen LogP contribution in [0.1, 0.15) is 59.3 Å². The Balaban J connectivity index is 1.93. The molecule has 1 heterocycles. The van der Waals surface area contributed by atoms with Crippen LogP contribution in [0.5, 0.6) is 0 Å². The Morgan fingerprint density at radius 1 is 1.12 bits per heavy atom. The summed E-state index contributed by atoms with van der Waals surface area (Å²) in [6, 6.07) is 2.33. The van der Waals surface area contributed by atoms with Crippen molar-refractivity contribution in [3.63, 3.8) is 0 Å². The molecule has 4 unspecified atom stereocenters. The van der Waals surface area contributed by atoms with Gasteiger partial charge in [-0.1, -0.05) is 26.7 Å². The van der Waals surface area contributed by atoms with E-state index >= 15 is 0 Å². The van der Waals surface area contributed by atoms with E-state index in [-0.39, 0.29) is 0 Å². The van der Waals surface area contributed by atoms with E-state index in [1.54, 1.807) is 0 Å². The highest BCUT2D eigenvalue weighted by molar-refractivity contribution is 4.88. The molecule has 0 radical (unpaired) electrons. The molecule has 1 saturated carbocycles. The Hall–Kier alpha value is -0.0800. The van der Waals surface area contributed by atoms with Crippen LogP contribution in [0.4, 0.5) is 0 Å². The summed E-state index contributed by atoms with van der Waals surface area (Å²) in [5.41, 5.74) is 0. The van der Waals surface area contributed by atoms with Gasteiger partial charge in [-0.15, -0.1) is 0 Å².